The molecule has 1 N–H and O–H groups in total. The maximum absolute atomic E-state index is 3.58. The summed E-state index contributed by atoms with van der Waals surface area (Å²) in [5, 5.41) is 3.58. The second-order valence-corrected chi connectivity index (χ2v) is 5.12. The lowest BCUT2D eigenvalue weighted by atomic mass is 9.97. The van der Waals surface area contributed by atoms with E-state index in [4.69, 9.17) is 0 Å². The summed E-state index contributed by atoms with van der Waals surface area (Å²) in [6, 6.07) is 9.56. The minimum absolute atomic E-state index is 0.446. The smallest absolute Gasteiger partial charge is 0.0476 e. The molecule has 0 radical (unpaired) electrons. The van der Waals surface area contributed by atoms with Gasteiger partial charge in [-0.05, 0) is 31.7 Å². The van der Waals surface area contributed by atoms with Crippen molar-refractivity contribution in [1.29, 1.82) is 0 Å². The van der Waals surface area contributed by atoms with Gasteiger partial charge in [0.2, 0.25) is 0 Å². The van der Waals surface area contributed by atoms with Crippen LogP contribution in [0.5, 0.6) is 0 Å². The molecule has 1 aromatic rings. The maximum Gasteiger partial charge on any atom is 0.0476 e. The lowest BCUT2D eigenvalue weighted by molar-refractivity contribution is 0.164. The normalized spacial score (nSPS) is 27.9. The minimum Gasteiger partial charge on any atom is -0.307 e. The van der Waals surface area contributed by atoms with E-state index in [1.165, 1.54) is 5.56 Å². The topological polar surface area (TPSA) is 15.3 Å². The van der Waals surface area contributed by atoms with Gasteiger partial charge in [-0.2, -0.15) is 0 Å². The molecule has 1 saturated heterocycles. The van der Waals surface area contributed by atoms with E-state index in [2.05, 4.69) is 64.4 Å². The summed E-state index contributed by atoms with van der Waals surface area (Å²) in [5.74, 6) is 0. The molecule has 1 fully saturated rings. The van der Waals surface area contributed by atoms with Crippen LogP contribution in [0.15, 0.2) is 28.7 Å². The van der Waals surface area contributed by atoms with Crippen LogP contribution in [0.4, 0.5) is 0 Å². The van der Waals surface area contributed by atoms with E-state index < -0.39 is 0 Å². The molecule has 0 saturated carbocycles. The Balaban J connectivity index is 2.22. The fourth-order valence-electron chi connectivity index (χ4n) is 2.12. The van der Waals surface area contributed by atoms with Crippen LogP contribution in [-0.4, -0.2) is 31.1 Å². The van der Waals surface area contributed by atoms with E-state index in [9.17, 15) is 0 Å². The number of piperazine rings is 1. The molecule has 1 aliphatic heterocycles. The van der Waals surface area contributed by atoms with Crippen LogP contribution in [0.2, 0.25) is 0 Å². The van der Waals surface area contributed by atoms with Gasteiger partial charge in [-0.15, -0.1) is 0 Å². The van der Waals surface area contributed by atoms with Crippen molar-refractivity contribution in [2.24, 2.45) is 0 Å². The Morgan fingerprint density at radius 2 is 2.27 bits per heavy atom. The van der Waals surface area contributed by atoms with Crippen molar-refractivity contribution in [2.45, 2.75) is 19.0 Å². The van der Waals surface area contributed by atoms with Gasteiger partial charge in [-0.3, -0.25) is 0 Å². The second-order valence-electron chi connectivity index (χ2n) is 4.21. The summed E-state index contributed by atoms with van der Waals surface area (Å²) < 4.78 is 1.15. The van der Waals surface area contributed by atoms with E-state index in [0.29, 0.717) is 12.1 Å². The van der Waals surface area contributed by atoms with Crippen LogP contribution in [0.25, 0.3) is 0 Å². The Labute approximate surface area is 99.8 Å². The fourth-order valence-corrected chi connectivity index (χ4v) is 2.54. The number of nitrogens with one attached hydrogen (secondary N) is 1. The highest BCUT2D eigenvalue weighted by molar-refractivity contribution is 9.10. The average Bonchev–Trinajstić information content (AvgIpc) is 2.22. The Bertz CT molecular complexity index is 340. The number of likely N-dealkylation sites (N-methyl/N-ethyl adjacent to an activating group) is 1. The van der Waals surface area contributed by atoms with Crippen molar-refractivity contribution in [3.63, 3.8) is 0 Å². The first-order valence-electron chi connectivity index (χ1n) is 5.37. The van der Waals surface area contributed by atoms with Gasteiger partial charge in [0.1, 0.15) is 0 Å². The first-order chi connectivity index (χ1) is 7.18. The fraction of sp³-hybridized carbons (Fsp3) is 0.500. The van der Waals surface area contributed by atoms with Crippen LogP contribution >= 0.6 is 15.9 Å². The molecule has 0 spiro atoms. The summed E-state index contributed by atoms with van der Waals surface area (Å²) >= 11 is 3.52. The first kappa shape index (κ1) is 11.1. The molecule has 1 heterocycles. The average molecular weight is 269 g/mol. The zero-order valence-corrected chi connectivity index (χ0v) is 10.8. The van der Waals surface area contributed by atoms with E-state index in [1.807, 2.05) is 0 Å². The maximum atomic E-state index is 3.58. The highest BCUT2D eigenvalue weighted by Gasteiger charge is 2.25. The van der Waals surface area contributed by atoms with E-state index >= 15 is 0 Å². The highest BCUT2D eigenvalue weighted by atomic mass is 79.9. The molecule has 0 amide bonds. The molecule has 2 rings (SSSR count). The monoisotopic (exact) mass is 268 g/mol. The summed E-state index contributed by atoms with van der Waals surface area (Å²) in [4.78, 5) is 2.40. The number of nitrogens with zero attached hydrogens (tertiary/aromatic N) is 1. The van der Waals surface area contributed by atoms with Crippen LogP contribution in [0, 0.1) is 0 Å². The van der Waals surface area contributed by atoms with Crippen LogP contribution in [0.3, 0.4) is 0 Å². The van der Waals surface area contributed by atoms with Crippen LogP contribution in [-0.2, 0) is 0 Å². The molecule has 0 aliphatic carbocycles. The van der Waals surface area contributed by atoms with Crippen molar-refractivity contribution < 1.29 is 0 Å². The third-order valence-electron chi connectivity index (χ3n) is 3.21. The van der Waals surface area contributed by atoms with Crippen molar-refractivity contribution in [2.75, 3.05) is 20.1 Å². The van der Waals surface area contributed by atoms with E-state index in [0.717, 1.165) is 17.6 Å². The van der Waals surface area contributed by atoms with E-state index in [1.54, 1.807) is 0 Å². The summed E-state index contributed by atoms with van der Waals surface area (Å²) in [5.41, 5.74) is 1.36. The molecule has 1 aromatic carbocycles. The number of halogens is 1. The molecular weight excluding hydrogens is 252 g/mol. The van der Waals surface area contributed by atoms with Gasteiger partial charge in [0, 0.05) is 29.6 Å². The lowest BCUT2D eigenvalue weighted by Crippen LogP contribution is -2.49. The predicted molar refractivity (Wildman–Crippen MR) is 67.0 cm³/mol. The molecule has 2 unspecified atom stereocenters. The second kappa shape index (κ2) is 4.64. The molecule has 2 atom stereocenters. The molecule has 2 nitrogen and oxygen atoms in total. The van der Waals surface area contributed by atoms with Gasteiger partial charge in [0.15, 0.2) is 0 Å². The first-order valence-corrected chi connectivity index (χ1v) is 6.17. The third kappa shape index (κ3) is 2.41. The Hall–Kier alpha value is -0.380. The molecule has 82 valence electrons. The van der Waals surface area contributed by atoms with E-state index in [-0.39, 0.29) is 0 Å². The Kier molecular flexibility index (Phi) is 3.44. The lowest BCUT2D eigenvalue weighted by Gasteiger charge is -2.38. The Morgan fingerprint density at radius 1 is 1.47 bits per heavy atom. The van der Waals surface area contributed by atoms with Crippen molar-refractivity contribution in [3.05, 3.63) is 34.3 Å². The van der Waals surface area contributed by atoms with Gasteiger partial charge in [-0.1, -0.05) is 28.1 Å². The molecule has 0 aromatic heterocycles. The molecule has 15 heavy (non-hydrogen) atoms. The van der Waals surface area contributed by atoms with Crippen molar-refractivity contribution in [1.82, 2.24) is 10.2 Å². The molecular formula is C12H17BrN2. The molecule has 0 bridgehead atoms. The summed E-state index contributed by atoms with van der Waals surface area (Å²) in [7, 11) is 2.19. The van der Waals surface area contributed by atoms with Gasteiger partial charge >= 0.3 is 0 Å². The minimum atomic E-state index is 0.446. The SMILES string of the molecule is CC1C(c2cccc(Br)c2)NCCN1C. The van der Waals surface area contributed by atoms with Crippen LogP contribution in [0.1, 0.15) is 18.5 Å². The zero-order valence-electron chi connectivity index (χ0n) is 9.20. The van der Waals surface area contributed by atoms with Crippen LogP contribution < -0.4 is 5.32 Å². The zero-order chi connectivity index (χ0) is 10.8. The van der Waals surface area contributed by atoms with Gasteiger partial charge < -0.3 is 10.2 Å². The van der Waals surface area contributed by atoms with Gasteiger partial charge in [0.25, 0.3) is 0 Å². The number of hydrogen-bond donors (Lipinski definition) is 1. The van der Waals surface area contributed by atoms with Crippen molar-refractivity contribution >= 4 is 15.9 Å². The Morgan fingerprint density at radius 3 is 3.00 bits per heavy atom. The number of benzene rings is 1. The number of rotatable bonds is 1. The van der Waals surface area contributed by atoms with Crippen molar-refractivity contribution in [3.8, 4) is 0 Å². The number of hydrogen-bond acceptors (Lipinski definition) is 2. The molecule has 3 heteroatoms. The highest BCUT2D eigenvalue weighted by Crippen LogP contribution is 2.24. The largest absolute Gasteiger partial charge is 0.307 e. The van der Waals surface area contributed by atoms with Gasteiger partial charge in [0.05, 0.1) is 0 Å². The standard InChI is InChI=1S/C12H17BrN2/c1-9-12(14-6-7-15(9)2)10-4-3-5-11(13)8-10/h3-5,8-9,12,14H,6-7H2,1-2H3. The van der Waals surface area contributed by atoms with Gasteiger partial charge in [-0.25, -0.2) is 0 Å². The molecule has 1 aliphatic rings. The summed E-state index contributed by atoms with van der Waals surface area (Å²) in [6.45, 7) is 4.47. The predicted octanol–water partition coefficient (Wildman–Crippen LogP) is 2.41. The summed E-state index contributed by atoms with van der Waals surface area (Å²) in [6.07, 6.45) is 0. The third-order valence-corrected chi connectivity index (χ3v) is 3.71. The quantitative estimate of drug-likeness (QED) is 0.842.